The number of anilines is 1. The molecule has 34 heavy (non-hydrogen) atoms. The van der Waals surface area contributed by atoms with E-state index in [9.17, 15) is 9.59 Å². The van der Waals surface area contributed by atoms with Crippen molar-refractivity contribution in [3.63, 3.8) is 0 Å². The second-order valence-corrected chi connectivity index (χ2v) is 9.64. The van der Waals surface area contributed by atoms with Gasteiger partial charge in [0.05, 0.1) is 30.7 Å². The molecule has 1 aliphatic heterocycles. The van der Waals surface area contributed by atoms with Gasteiger partial charge in [0.15, 0.2) is 10.8 Å². The van der Waals surface area contributed by atoms with Gasteiger partial charge in [0, 0.05) is 17.2 Å². The molecule has 3 heterocycles. The second-order valence-electron chi connectivity index (χ2n) is 8.21. The lowest BCUT2D eigenvalue weighted by molar-refractivity contribution is -0.116. The molecule has 0 aliphatic carbocycles. The molecule has 2 aromatic carbocycles. The van der Waals surface area contributed by atoms with E-state index in [2.05, 4.69) is 16.5 Å². The van der Waals surface area contributed by atoms with Crippen molar-refractivity contribution in [3.05, 3.63) is 69.1 Å². The number of carbonyl (C=O) groups is 1. The number of hydrogen-bond acceptors (Lipinski definition) is 6. The Morgan fingerprint density at radius 3 is 2.85 bits per heavy atom. The highest BCUT2D eigenvalue weighted by Gasteiger charge is 2.30. The van der Waals surface area contributed by atoms with Crippen LogP contribution in [0.25, 0.3) is 16.7 Å². The van der Waals surface area contributed by atoms with Gasteiger partial charge in [-0.05, 0) is 43.7 Å². The monoisotopic (exact) mass is 495 g/mol. The molecular formula is C24H22ClN5O3S. The van der Waals surface area contributed by atoms with Gasteiger partial charge in [-0.25, -0.2) is 9.67 Å². The van der Waals surface area contributed by atoms with Gasteiger partial charge in [-0.15, -0.1) is 0 Å². The fraction of sp³-hybridized carbons (Fsp3) is 0.250. The Balaban J connectivity index is 1.45. The van der Waals surface area contributed by atoms with Crippen LogP contribution in [0.2, 0.25) is 5.02 Å². The van der Waals surface area contributed by atoms with Crippen molar-refractivity contribution < 1.29 is 9.53 Å². The Labute approximate surface area is 204 Å². The van der Waals surface area contributed by atoms with E-state index >= 15 is 0 Å². The number of halogens is 1. The quantitative estimate of drug-likeness (QED) is 0.409. The molecule has 0 saturated carbocycles. The summed E-state index contributed by atoms with van der Waals surface area (Å²) in [6, 6.07) is 10.8. The van der Waals surface area contributed by atoms with Crippen LogP contribution >= 0.6 is 23.4 Å². The van der Waals surface area contributed by atoms with Crippen LogP contribution in [0, 0.1) is 13.8 Å². The third-order valence-electron chi connectivity index (χ3n) is 5.81. The molecule has 1 atom stereocenters. The van der Waals surface area contributed by atoms with Gasteiger partial charge in [0.2, 0.25) is 5.91 Å². The van der Waals surface area contributed by atoms with Crippen LogP contribution in [0.1, 0.15) is 23.6 Å². The van der Waals surface area contributed by atoms with Gasteiger partial charge in [-0.1, -0.05) is 41.1 Å². The van der Waals surface area contributed by atoms with Crippen molar-refractivity contribution in [3.8, 4) is 11.4 Å². The molecular weight excluding hydrogens is 474 g/mol. The maximum absolute atomic E-state index is 13.4. The number of aryl methyl sites for hydroxylation is 2. The van der Waals surface area contributed by atoms with E-state index in [0.29, 0.717) is 38.4 Å². The number of carbonyl (C=O) groups excluding carboxylic acids is 1. The number of hydrogen-bond donors (Lipinski definition) is 1. The molecule has 4 aromatic rings. The summed E-state index contributed by atoms with van der Waals surface area (Å²) in [6.45, 7) is 4.04. The largest absolute Gasteiger partial charge is 0.495 e. The minimum absolute atomic E-state index is 0.119. The first-order valence-electron chi connectivity index (χ1n) is 10.7. The molecule has 1 N–H and O–H groups in total. The highest BCUT2D eigenvalue weighted by molar-refractivity contribution is 7.99. The molecule has 0 fully saturated rings. The highest BCUT2D eigenvalue weighted by Crippen LogP contribution is 2.34. The number of nitrogens with one attached hydrogen (secondary N) is 1. The number of methoxy groups -OCH3 is 1. The molecule has 1 unspecified atom stereocenters. The number of nitrogens with zero attached hydrogens (tertiary/aromatic N) is 4. The molecule has 10 heteroatoms. The summed E-state index contributed by atoms with van der Waals surface area (Å²) < 4.78 is 8.61. The predicted molar refractivity (Wildman–Crippen MR) is 134 cm³/mol. The van der Waals surface area contributed by atoms with E-state index in [1.807, 2.05) is 26.0 Å². The van der Waals surface area contributed by atoms with E-state index in [1.54, 1.807) is 33.6 Å². The maximum Gasteiger partial charge on any atom is 0.265 e. The van der Waals surface area contributed by atoms with E-state index in [1.165, 1.54) is 18.9 Å². The van der Waals surface area contributed by atoms with Crippen molar-refractivity contribution in [2.24, 2.45) is 0 Å². The molecule has 174 valence electrons. The summed E-state index contributed by atoms with van der Waals surface area (Å²) in [5.41, 5.74) is 3.89. The number of amides is 1. The van der Waals surface area contributed by atoms with Crippen molar-refractivity contribution >= 4 is 46.0 Å². The molecule has 0 bridgehead atoms. The van der Waals surface area contributed by atoms with Gasteiger partial charge in [0.25, 0.3) is 5.56 Å². The first-order valence-corrected chi connectivity index (χ1v) is 12.1. The summed E-state index contributed by atoms with van der Waals surface area (Å²) in [7, 11) is 1.53. The average molecular weight is 496 g/mol. The Bertz CT molecular complexity index is 1500. The molecule has 0 radical (unpaired) electrons. The third kappa shape index (κ3) is 3.95. The second kappa shape index (κ2) is 8.81. The van der Waals surface area contributed by atoms with Crippen LogP contribution in [-0.2, 0) is 4.79 Å². The Morgan fingerprint density at radius 2 is 2.09 bits per heavy atom. The van der Waals surface area contributed by atoms with Crippen LogP contribution in [-0.4, -0.2) is 38.1 Å². The number of ether oxygens (including phenoxy) is 1. The third-order valence-corrected chi connectivity index (χ3v) is 7.14. The number of thioether (sulfide) groups is 1. The minimum Gasteiger partial charge on any atom is -0.495 e. The SMILES string of the molecule is COc1ccc(Cl)cc1NC(=O)CC1CSc2nc3c(cnn3-c3ccc(C)cc3C)c(=O)n21. The van der Waals surface area contributed by atoms with Crippen molar-refractivity contribution in [1.29, 1.82) is 0 Å². The van der Waals surface area contributed by atoms with Crippen molar-refractivity contribution in [1.82, 2.24) is 19.3 Å². The van der Waals surface area contributed by atoms with Crippen LogP contribution in [0.5, 0.6) is 5.75 Å². The lowest BCUT2D eigenvalue weighted by Gasteiger charge is -2.15. The zero-order valence-electron chi connectivity index (χ0n) is 18.8. The molecule has 8 nitrogen and oxygen atoms in total. The summed E-state index contributed by atoms with van der Waals surface area (Å²) in [6.07, 6.45) is 1.67. The maximum atomic E-state index is 13.4. The smallest absolute Gasteiger partial charge is 0.265 e. The first-order chi connectivity index (χ1) is 16.4. The summed E-state index contributed by atoms with van der Waals surface area (Å²) >= 11 is 7.52. The Kier molecular flexibility index (Phi) is 5.83. The van der Waals surface area contributed by atoms with E-state index in [4.69, 9.17) is 21.3 Å². The molecule has 1 aliphatic rings. The van der Waals surface area contributed by atoms with Gasteiger partial charge >= 0.3 is 0 Å². The van der Waals surface area contributed by atoms with E-state index in [-0.39, 0.29) is 23.9 Å². The lowest BCUT2D eigenvalue weighted by atomic mass is 10.1. The van der Waals surface area contributed by atoms with Crippen molar-refractivity contribution in [2.45, 2.75) is 31.5 Å². The lowest BCUT2D eigenvalue weighted by Crippen LogP contribution is -2.27. The topological polar surface area (TPSA) is 91.0 Å². The van der Waals surface area contributed by atoms with E-state index in [0.717, 1.165) is 16.8 Å². The summed E-state index contributed by atoms with van der Waals surface area (Å²) in [5.74, 6) is 0.849. The number of aromatic nitrogens is 4. The van der Waals surface area contributed by atoms with Crippen LogP contribution < -0.4 is 15.6 Å². The van der Waals surface area contributed by atoms with Crippen LogP contribution in [0.3, 0.4) is 0 Å². The van der Waals surface area contributed by atoms with Gasteiger partial charge in [-0.2, -0.15) is 5.10 Å². The standard InChI is InChI=1S/C24H22ClN5O3S/c1-13-4-6-19(14(2)8-13)30-22-17(11-26-30)23(32)29-16(12-34-24(29)28-22)10-21(31)27-18-9-15(25)5-7-20(18)33-3/h4-9,11,16H,10,12H2,1-3H3,(H,27,31). The normalized spacial score (nSPS) is 14.9. The Morgan fingerprint density at radius 1 is 1.26 bits per heavy atom. The zero-order valence-corrected chi connectivity index (χ0v) is 20.4. The molecule has 0 spiro atoms. The molecule has 0 saturated heterocycles. The van der Waals surface area contributed by atoms with Crippen molar-refractivity contribution in [2.75, 3.05) is 18.2 Å². The molecule has 2 aromatic heterocycles. The van der Waals surface area contributed by atoms with Crippen LogP contribution in [0.15, 0.2) is 52.5 Å². The Hall–Kier alpha value is -3.30. The molecule has 5 rings (SSSR count). The summed E-state index contributed by atoms with van der Waals surface area (Å²) in [4.78, 5) is 31.0. The number of rotatable bonds is 5. The fourth-order valence-electron chi connectivity index (χ4n) is 4.19. The molecule has 1 amide bonds. The predicted octanol–water partition coefficient (Wildman–Crippen LogP) is 4.54. The minimum atomic E-state index is -0.320. The fourth-order valence-corrected chi connectivity index (χ4v) is 5.50. The van der Waals surface area contributed by atoms with Gasteiger partial charge in [-0.3, -0.25) is 14.2 Å². The highest BCUT2D eigenvalue weighted by atomic mass is 35.5. The summed E-state index contributed by atoms with van der Waals surface area (Å²) in [5, 5.41) is 8.79. The van der Waals surface area contributed by atoms with Gasteiger partial charge < -0.3 is 10.1 Å². The van der Waals surface area contributed by atoms with Crippen LogP contribution in [0.4, 0.5) is 5.69 Å². The average Bonchev–Trinajstić information content (AvgIpc) is 3.39. The first kappa shape index (κ1) is 22.5. The zero-order chi connectivity index (χ0) is 24.0. The number of benzene rings is 2. The van der Waals surface area contributed by atoms with E-state index < -0.39 is 0 Å². The number of fused-ring (bicyclic) bond motifs is 2. The van der Waals surface area contributed by atoms with Gasteiger partial charge in [0.1, 0.15) is 11.1 Å².